The normalized spacial score (nSPS) is 5.71. The number of allylic oxidation sites excluding steroid dienone is 1. The van der Waals surface area contributed by atoms with Gasteiger partial charge in [0.15, 0.2) is 0 Å². The molecule has 0 saturated heterocycles. The zero-order chi connectivity index (χ0) is 6.28. The standard InChI is InChI=1S/C3H6.3ClH.Ti/c1-3-2;;;;/h3H,1H2,2H3;3*1H;/q;;;;+3/p-3. The monoisotopic (exact) mass is 195 g/mol. The van der Waals surface area contributed by atoms with E-state index >= 15 is 0 Å². The van der Waals surface area contributed by atoms with Crippen molar-refractivity contribution in [2.24, 2.45) is 0 Å². The predicted octanol–water partition coefficient (Wildman–Crippen LogP) is 3.26. The molecular weight excluding hydrogens is 190 g/mol. The van der Waals surface area contributed by atoms with Crippen LogP contribution in [0.25, 0.3) is 0 Å². The second-order valence-corrected chi connectivity index (χ2v) is 8.36. The SMILES string of the molecule is C=CC.[Cl][Ti]([Cl])[Cl]. The van der Waals surface area contributed by atoms with Crippen molar-refractivity contribution in [3.05, 3.63) is 12.7 Å². The molecule has 0 radical (unpaired) electrons. The summed E-state index contributed by atoms with van der Waals surface area (Å²) in [5, 5.41) is 0. The molecule has 0 aromatic rings. The van der Waals surface area contributed by atoms with Gasteiger partial charge in [-0.15, -0.1) is 6.58 Å². The summed E-state index contributed by atoms with van der Waals surface area (Å²) in [4.78, 5) is 0. The van der Waals surface area contributed by atoms with Crippen LogP contribution in [0.5, 0.6) is 0 Å². The van der Waals surface area contributed by atoms with Crippen molar-refractivity contribution < 1.29 is 14.7 Å². The Bertz CT molecular complexity index is 34.4. The predicted molar refractivity (Wildman–Crippen MR) is 33.4 cm³/mol. The first-order chi connectivity index (χ1) is 3.15. The summed E-state index contributed by atoms with van der Waals surface area (Å²) >= 11 is -1.92. The first-order valence-corrected chi connectivity index (χ1v) is 8.00. The summed E-state index contributed by atoms with van der Waals surface area (Å²) in [5.41, 5.74) is 0. The van der Waals surface area contributed by atoms with Gasteiger partial charge in [-0.2, -0.15) is 0 Å². The van der Waals surface area contributed by atoms with Crippen LogP contribution in [0.4, 0.5) is 0 Å². The number of halogens is 3. The second-order valence-electron chi connectivity index (χ2n) is 0.623. The molecule has 0 aliphatic heterocycles. The van der Waals surface area contributed by atoms with Crippen molar-refractivity contribution in [2.45, 2.75) is 6.92 Å². The van der Waals surface area contributed by atoms with Crippen LogP contribution in [-0.2, 0) is 14.7 Å². The van der Waals surface area contributed by atoms with Crippen molar-refractivity contribution in [3.8, 4) is 0 Å². The molecule has 4 heteroatoms. The molecule has 0 fully saturated rings. The van der Waals surface area contributed by atoms with Crippen LogP contribution in [0.3, 0.4) is 0 Å². The number of hydrogen-bond acceptors (Lipinski definition) is 0. The van der Waals surface area contributed by atoms with Crippen LogP contribution in [0.15, 0.2) is 12.7 Å². The minimum absolute atomic E-state index is 1.75. The van der Waals surface area contributed by atoms with Crippen LogP contribution in [0, 0.1) is 0 Å². The Hall–Kier alpha value is 1.32. The van der Waals surface area contributed by atoms with Gasteiger partial charge < -0.3 is 0 Å². The minimum atomic E-state index is -1.92. The van der Waals surface area contributed by atoms with Crippen molar-refractivity contribution in [1.29, 1.82) is 0 Å². The molecule has 0 saturated carbocycles. The molecule has 0 N–H and O–H groups in total. The molecule has 0 spiro atoms. The molecule has 7 heavy (non-hydrogen) atoms. The summed E-state index contributed by atoms with van der Waals surface area (Å²) in [7, 11) is 14.9. The Morgan fingerprint density at radius 2 is 1.43 bits per heavy atom. The maximum atomic E-state index is 4.97. The fourth-order valence-corrected chi connectivity index (χ4v) is 0. The van der Waals surface area contributed by atoms with Gasteiger partial charge in [-0.1, -0.05) is 6.08 Å². The van der Waals surface area contributed by atoms with E-state index in [-0.39, 0.29) is 0 Å². The summed E-state index contributed by atoms with van der Waals surface area (Å²) in [6.07, 6.45) is 1.75. The van der Waals surface area contributed by atoms with Crippen molar-refractivity contribution >= 4 is 27.9 Å². The Kier molecular flexibility index (Phi) is 16.5. The molecule has 0 rings (SSSR count). The topological polar surface area (TPSA) is 0 Å². The average molecular weight is 196 g/mol. The summed E-state index contributed by atoms with van der Waals surface area (Å²) in [6.45, 7) is 5.25. The Labute approximate surface area is 61.9 Å². The fourth-order valence-electron chi connectivity index (χ4n) is 0. The van der Waals surface area contributed by atoms with Gasteiger partial charge in [0.1, 0.15) is 0 Å². The van der Waals surface area contributed by atoms with E-state index in [1.54, 1.807) is 6.08 Å². The third-order valence-corrected chi connectivity index (χ3v) is 0. The first-order valence-electron chi connectivity index (χ1n) is 1.55. The summed E-state index contributed by atoms with van der Waals surface area (Å²) in [5.74, 6) is 0. The molecule has 0 heterocycles. The van der Waals surface area contributed by atoms with Crippen LogP contribution in [0.2, 0.25) is 0 Å². The van der Waals surface area contributed by atoms with Crippen molar-refractivity contribution in [2.75, 3.05) is 0 Å². The fraction of sp³-hybridized carbons (Fsp3) is 0.333. The van der Waals surface area contributed by atoms with Gasteiger partial charge in [-0.05, 0) is 6.92 Å². The Morgan fingerprint density at radius 1 is 1.43 bits per heavy atom. The Morgan fingerprint density at radius 3 is 1.43 bits per heavy atom. The zero-order valence-electron chi connectivity index (χ0n) is 3.92. The molecule has 0 bridgehead atoms. The van der Waals surface area contributed by atoms with Gasteiger partial charge in [0.05, 0.1) is 0 Å². The van der Waals surface area contributed by atoms with E-state index in [1.807, 2.05) is 6.92 Å². The van der Waals surface area contributed by atoms with E-state index in [9.17, 15) is 0 Å². The van der Waals surface area contributed by atoms with E-state index in [2.05, 4.69) is 6.58 Å². The molecule has 0 unspecified atom stereocenters. The molecule has 0 aromatic heterocycles. The molecular formula is C3H6Cl3Ti. The third kappa shape index (κ3) is 118. The summed E-state index contributed by atoms with van der Waals surface area (Å²) in [6, 6.07) is 0. The van der Waals surface area contributed by atoms with Crippen LogP contribution in [0.1, 0.15) is 6.92 Å². The van der Waals surface area contributed by atoms with Crippen molar-refractivity contribution in [1.82, 2.24) is 0 Å². The van der Waals surface area contributed by atoms with Gasteiger partial charge in [-0.3, -0.25) is 0 Å². The molecule has 0 atom stereocenters. The van der Waals surface area contributed by atoms with E-state index in [0.29, 0.717) is 0 Å². The second kappa shape index (κ2) is 10.3. The van der Waals surface area contributed by atoms with E-state index in [4.69, 9.17) is 27.9 Å². The molecule has 0 nitrogen and oxygen atoms in total. The van der Waals surface area contributed by atoms with Gasteiger partial charge in [0.25, 0.3) is 0 Å². The quantitative estimate of drug-likeness (QED) is 0.412. The van der Waals surface area contributed by atoms with Crippen LogP contribution < -0.4 is 0 Å². The zero-order valence-corrected chi connectivity index (χ0v) is 7.75. The van der Waals surface area contributed by atoms with Gasteiger partial charge >= 0.3 is 42.6 Å². The van der Waals surface area contributed by atoms with E-state index in [0.717, 1.165) is 0 Å². The van der Waals surface area contributed by atoms with Crippen LogP contribution >= 0.6 is 27.9 Å². The maximum absolute atomic E-state index is 4.97. The van der Waals surface area contributed by atoms with Gasteiger partial charge in [0.2, 0.25) is 0 Å². The molecule has 0 aliphatic rings. The third-order valence-electron chi connectivity index (χ3n) is 0. The molecule has 0 amide bonds. The number of rotatable bonds is 0. The summed E-state index contributed by atoms with van der Waals surface area (Å²) < 4.78 is 0. The molecule has 43 valence electrons. The Balaban J connectivity index is 0. The van der Waals surface area contributed by atoms with E-state index < -0.39 is 14.7 Å². The molecule has 0 aliphatic carbocycles. The van der Waals surface area contributed by atoms with E-state index in [1.165, 1.54) is 0 Å². The number of hydrogen-bond donors (Lipinski definition) is 0. The first kappa shape index (κ1) is 11.2. The molecule has 0 aromatic carbocycles. The van der Waals surface area contributed by atoms with Gasteiger partial charge in [-0.25, -0.2) is 0 Å². The van der Waals surface area contributed by atoms with Crippen LogP contribution in [-0.4, -0.2) is 0 Å². The van der Waals surface area contributed by atoms with Crippen molar-refractivity contribution in [3.63, 3.8) is 0 Å². The average Bonchev–Trinajstić information content (AvgIpc) is 1.33. The van der Waals surface area contributed by atoms with Gasteiger partial charge in [0, 0.05) is 0 Å².